The van der Waals surface area contributed by atoms with Crippen molar-refractivity contribution in [1.82, 2.24) is 5.32 Å². The number of aliphatic hydroxyl groups excluding tert-OH is 1. The molecule has 0 radical (unpaired) electrons. The van der Waals surface area contributed by atoms with Gasteiger partial charge < -0.3 is 15.2 Å². The molecule has 0 amide bonds. The predicted octanol–water partition coefficient (Wildman–Crippen LogP) is 3.05. The average molecular weight is 348 g/mol. The highest BCUT2D eigenvalue weighted by molar-refractivity contribution is 9.10. The molecule has 0 saturated carbocycles. The first kappa shape index (κ1) is 17.0. The lowest BCUT2D eigenvalue weighted by atomic mass is 10.2. The smallest absolute Gasteiger partial charge is 0.0631 e. The predicted molar refractivity (Wildman–Crippen MR) is 84.7 cm³/mol. The van der Waals surface area contributed by atoms with E-state index < -0.39 is 0 Å². The van der Waals surface area contributed by atoms with Gasteiger partial charge in [0.1, 0.15) is 0 Å². The van der Waals surface area contributed by atoms with Crippen LogP contribution in [0.1, 0.15) is 19.4 Å². The number of aliphatic hydroxyl groups is 1. The van der Waals surface area contributed by atoms with Crippen LogP contribution in [0.15, 0.2) is 27.6 Å². The molecule has 0 saturated heterocycles. The SMILES string of the molecule is COCCNCc1ccc(Br)cc1SC(C)C(C)O. The second-order valence-corrected chi connectivity index (χ2v) is 6.82. The van der Waals surface area contributed by atoms with Crippen molar-refractivity contribution < 1.29 is 9.84 Å². The van der Waals surface area contributed by atoms with Crippen molar-refractivity contribution in [3.63, 3.8) is 0 Å². The zero-order valence-corrected chi connectivity index (χ0v) is 14.1. The number of nitrogens with one attached hydrogen (secondary N) is 1. The standard InChI is InChI=1S/C14H22BrNO2S/c1-10(17)11(2)19-14-8-13(15)5-4-12(14)9-16-6-7-18-3/h4-5,8,10-11,16-17H,6-7,9H2,1-3H3. The zero-order valence-electron chi connectivity index (χ0n) is 11.6. The molecule has 1 rings (SSSR count). The Morgan fingerprint density at radius 1 is 1.42 bits per heavy atom. The van der Waals surface area contributed by atoms with E-state index in [9.17, 15) is 5.11 Å². The third-order valence-corrected chi connectivity index (χ3v) is 4.71. The van der Waals surface area contributed by atoms with Gasteiger partial charge >= 0.3 is 0 Å². The quantitative estimate of drug-likeness (QED) is 0.560. The van der Waals surface area contributed by atoms with Gasteiger partial charge in [0.15, 0.2) is 0 Å². The molecule has 2 atom stereocenters. The maximum absolute atomic E-state index is 9.62. The summed E-state index contributed by atoms with van der Waals surface area (Å²) >= 11 is 5.21. The summed E-state index contributed by atoms with van der Waals surface area (Å²) in [6, 6.07) is 6.27. The third-order valence-electron chi connectivity index (χ3n) is 2.82. The minimum absolute atomic E-state index is 0.173. The second kappa shape index (κ2) is 8.97. The van der Waals surface area contributed by atoms with Crippen molar-refractivity contribution in [3.05, 3.63) is 28.2 Å². The lowest BCUT2D eigenvalue weighted by Gasteiger charge is -2.17. The summed E-state index contributed by atoms with van der Waals surface area (Å²) in [5, 5.41) is 13.1. The van der Waals surface area contributed by atoms with Gasteiger partial charge in [-0.1, -0.05) is 28.9 Å². The zero-order chi connectivity index (χ0) is 14.3. The highest BCUT2D eigenvalue weighted by Crippen LogP contribution is 2.31. The van der Waals surface area contributed by atoms with Gasteiger partial charge in [-0.25, -0.2) is 0 Å². The van der Waals surface area contributed by atoms with Crippen molar-refractivity contribution >= 4 is 27.7 Å². The van der Waals surface area contributed by atoms with Crippen molar-refractivity contribution in [3.8, 4) is 0 Å². The van der Waals surface area contributed by atoms with Gasteiger partial charge in [-0.2, -0.15) is 0 Å². The molecular formula is C14H22BrNO2S. The molecule has 3 nitrogen and oxygen atoms in total. The van der Waals surface area contributed by atoms with Crippen LogP contribution in [0.2, 0.25) is 0 Å². The van der Waals surface area contributed by atoms with E-state index >= 15 is 0 Å². The summed E-state index contributed by atoms with van der Waals surface area (Å²) in [5.41, 5.74) is 1.25. The number of thioether (sulfide) groups is 1. The van der Waals surface area contributed by atoms with Crippen LogP contribution in [0.3, 0.4) is 0 Å². The summed E-state index contributed by atoms with van der Waals surface area (Å²) in [5.74, 6) is 0. The molecule has 0 heterocycles. The van der Waals surface area contributed by atoms with Crippen molar-refractivity contribution in [1.29, 1.82) is 0 Å². The summed E-state index contributed by atoms with van der Waals surface area (Å²) in [7, 11) is 1.70. The number of hydrogen-bond acceptors (Lipinski definition) is 4. The molecule has 2 unspecified atom stereocenters. The molecule has 0 aliphatic rings. The molecule has 0 fully saturated rings. The van der Waals surface area contributed by atoms with Crippen molar-refractivity contribution in [2.45, 2.75) is 36.6 Å². The molecule has 0 aliphatic heterocycles. The van der Waals surface area contributed by atoms with Crippen molar-refractivity contribution in [2.75, 3.05) is 20.3 Å². The largest absolute Gasteiger partial charge is 0.392 e. The molecule has 5 heteroatoms. The fraction of sp³-hybridized carbons (Fsp3) is 0.571. The topological polar surface area (TPSA) is 41.5 Å². The van der Waals surface area contributed by atoms with E-state index in [1.165, 1.54) is 10.5 Å². The summed E-state index contributed by atoms with van der Waals surface area (Å²) in [4.78, 5) is 1.20. The highest BCUT2D eigenvalue weighted by Gasteiger charge is 2.13. The number of benzene rings is 1. The third kappa shape index (κ3) is 6.27. The molecule has 0 spiro atoms. The van der Waals surface area contributed by atoms with Gasteiger partial charge in [-0.3, -0.25) is 0 Å². The summed E-state index contributed by atoms with van der Waals surface area (Å²) < 4.78 is 6.08. The van der Waals surface area contributed by atoms with E-state index in [4.69, 9.17) is 4.74 Å². The first-order chi connectivity index (χ1) is 9.04. The van der Waals surface area contributed by atoms with E-state index in [1.807, 2.05) is 19.9 Å². The monoisotopic (exact) mass is 347 g/mol. The lowest BCUT2D eigenvalue weighted by molar-refractivity contribution is 0.196. The first-order valence-electron chi connectivity index (χ1n) is 6.37. The normalized spacial score (nSPS) is 14.4. The van der Waals surface area contributed by atoms with Crippen molar-refractivity contribution in [2.24, 2.45) is 0 Å². The van der Waals surface area contributed by atoms with Crippen LogP contribution in [0, 0.1) is 0 Å². The second-order valence-electron chi connectivity index (χ2n) is 4.49. The van der Waals surface area contributed by atoms with Crippen LogP contribution in [-0.2, 0) is 11.3 Å². The van der Waals surface area contributed by atoms with Crippen LogP contribution in [0.25, 0.3) is 0 Å². The van der Waals surface area contributed by atoms with Gasteiger partial charge in [-0.05, 0) is 24.6 Å². The maximum atomic E-state index is 9.62. The Labute approximate surface area is 128 Å². The van der Waals surface area contributed by atoms with E-state index in [-0.39, 0.29) is 11.4 Å². The van der Waals surface area contributed by atoms with Crippen LogP contribution in [0.4, 0.5) is 0 Å². The molecule has 0 aliphatic carbocycles. The number of rotatable bonds is 8. The lowest BCUT2D eigenvalue weighted by Crippen LogP contribution is -2.19. The Morgan fingerprint density at radius 3 is 2.79 bits per heavy atom. The minimum atomic E-state index is -0.321. The summed E-state index contributed by atoms with van der Waals surface area (Å²) in [6.45, 7) is 6.22. The summed E-state index contributed by atoms with van der Waals surface area (Å²) in [6.07, 6.45) is -0.321. The molecule has 19 heavy (non-hydrogen) atoms. The van der Waals surface area contributed by atoms with Gasteiger partial charge in [0.05, 0.1) is 12.7 Å². The van der Waals surface area contributed by atoms with Crippen LogP contribution >= 0.6 is 27.7 Å². The number of hydrogen-bond donors (Lipinski definition) is 2. The fourth-order valence-corrected chi connectivity index (χ4v) is 3.08. The van der Waals surface area contributed by atoms with E-state index in [1.54, 1.807) is 18.9 Å². The van der Waals surface area contributed by atoms with E-state index in [0.29, 0.717) is 6.61 Å². The Hall–Kier alpha value is -0.0700. The molecule has 2 N–H and O–H groups in total. The fourth-order valence-electron chi connectivity index (χ4n) is 1.48. The molecule has 1 aromatic rings. The number of ether oxygens (including phenoxy) is 1. The average Bonchev–Trinajstić information content (AvgIpc) is 2.36. The Balaban J connectivity index is 2.68. The minimum Gasteiger partial charge on any atom is -0.392 e. The molecule has 1 aromatic carbocycles. The van der Waals surface area contributed by atoms with E-state index in [0.717, 1.165) is 17.6 Å². The highest BCUT2D eigenvalue weighted by atomic mass is 79.9. The van der Waals surface area contributed by atoms with Gasteiger partial charge in [0, 0.05) is 34.8 Å². The Bertz CT molecular complexity index is 388. The van der Waals surface area contributed by atoms with Gasteiger partial charge in [-0.15, -0.1) is 11.8 Å². The molecular weight excluding hydrogens is 326 g/mol. The van der Waals surface area contributed by atoms with E-state index in [2.05, 4.69) is 33.4 Å². The van der Waals surface area contributed by atoms with Crippen LogP contribution in [0.5, 0.6) is 0 Å². The van der Waals surface area contributed by atoms with Crippen LogP contribution in [-0.4, -0.2) is 36.7 Å². The Morgan fingerprint density at radius 2 is 2.16 bits per heavy atom. The number of methoxy groups -OCH3 is 1. The van der Waals surface area contributed by atoms with Gasteiger partial charge in [0.2, 0.25) is 0 Å². The molecule has 0 aromatic heterocycles. The molecule has 108 valence electrons. The van der Waals surface area contributed by atoms with Crippen LogP contribution < -0.4 is 5.32 Å². The Kier molecular flexibility index (Phi) is 8.02. The van der Waals surface area contributed by atoms with Gasteiger partial charge in [0.25, 0.3) is 0 Å². The molecule has 0 bridgehead atoms. The number of halogens is 1. The maximum Gasteiger partial charge on any atom is 0.0631 e. The first-order valence-corrected chi connectivity index (χ1v) is 8.04.